The van der Waals surface area contributed by atoms with Crippen molar-refractivity contribution in [3.63, 3.8) is 0 Å². The molecule has 0 N–H and O–H groups in total. The minimum absolute atomic E-state index is 0.0205. The lowest BCUT2D eigenvalue weighted by Gasteiger charge is -2.17. The van der Waals surface area contributed by atoms with Crippen LogP contribution in [0.25, 0.3) is 0 Å². The van der Waals surface area contributed by atoms with Gasteiger partial charge in [0.1, 0.15) is 5.03 Å². The van der Waals surface area contributed by atoms with Crippen molar-refractivity contribution in [1.29, 1.82) is 0 Å². The molecule has 2 amide bonds. The second-order valence-electron chi connectivity index (χ2n) is 7.04. The van der Waals surface area contributed by atoms with Gasteiger partial charge in [0.05, 0.1) is 31.8 Å². The van der Waals surface area contributed by atoms with Gasteiger partial charge in [0.25, 0.3) is 17.4 Å². The Bertz CT molecular complexity index is 1180. The van der Waals surface area contributed by atoms with Crippen LogP contribution in [0, 0.1) is 0 Å². The molecule has 174 valence electrons. The Balaban J connectivity index is 0.00000187. The van der Waals surface area contributed by atoms with Crippen LogP contribution in [0.5, 0.6) is 0 Å². The first-order valence-electron chi connectivity index (χ1n) is 10.2. The largest absolute Gasteiger partial charge is 0.270 e. The van der Waals surface area contributed by atoms with E-state index in [2.05, 4.69) is 18.3 Å². The zero-order chi connectivity index (χ0) is 25.0. The van der Waals surface area contributed by atoms with E-state index in [0.717, 1.165) is 4.90 Å². The molecule has 3 rings (SSSR count). The molecule has 2 heterocycles. The lowest BCUT2D eigenvalue weighted by atomic mass is 10.1. The first-order valence-corrected chi connectivity index (χ1v) is 11.8. The smallest absolute Gasteiger partial charge is 0.268 e. The van der Waals surface area contributed by atoms with Crippen LogP contribution >= 0.6 is 35.0 Å². The van der Waals surface area contributed by atoms with Gasteiger partial charge in [0.15, 0.2) is 0 Å². The highest BCUT2D eigenvalue weighted by molar-refractivity contribution is 7.99. The summed E-state index contributed by atoms with van der Waals surface area (Å²) in [5.74, 6) is -1.03. The fraction of sp³-hybridized carbons (Fsp3) is 0.250. The van der Waals surface area contributed by atoms with Crippen molar-refractivity contribution < 1.29 is 9.59 Å². The number of carbonyl (C=O) groups excluding carboxylic acids is 2. The highest BCUT2D eigenvalue weighted by atomic mass is 35.5. The van der Waals surface area contributed by atoms with Crippen LogP contribution in [0.3, 0.4) is 0 Å². The fourth-order valence-electron chi connectivity index (χ4n) is 3.14. The third-order valence-corrected chi connectivity index (χ3v) is 6.58. The molecule has 0 radical (unpaired) electrons. The third kappa shape index (κ3) is 5.16. The van der Waals surface area contributed by atoms with E-state index in [1.54, 1.807) is 13.1 Å². The van der Waals surface area contributed by atoms with E-state index < -0.39 is 11.8 Å². The molecule has 1 aromatic carbocycles. The van der Waals surface area contributed by atoms with E-state index in [0.29, 0.717) is 15.5 Å². The van der Waals surface area contributed by atoms with Crippen molar-refractivity contribution in [2.24, 2.45) is 7.05 Å². The highest BCUT2D eigenvalue weighted by Gasteiger charge is 2.37. The van der Waals surface area contributed by atoms with Crippen molar-refractivity contribution in [2.45, 2.75) is 43.5 Å². The van der Waals surface area contributed by atoms with Crippen LogP contribution in [0.15, 0.2) is 69.4 Å². The fourth-order valence-corrected chi connectivity index (χ4v) is 4.72. The summed E-state index contributed by atoms with van der Waals surface area (Å²) in [4.78, 5) is 39.1. The number of anilines is 1. The first-order chi connectivity index (χ1) is 15.6. The summed E-state index contributed by atoms with van der Waals surface area (Å²) in [6.07, 6.45) is 2.64. The van der Waals surface area contributed by atoms with Crippen molar-refractivity contribution in [3.05, 3.63) is 80.6 Å². The number of imide groups is 1. The van der Waals surface area contributed by atoms with Gasteiger partial charge >= 0.3 is 0 Å². The number of halogens is 2. The quantitative estimate of drug-likeness (QED) is 0.454. The van der Waals surface area contributed by atoms with Crippen LogP contribution in [-0.2, 0) is 16.6 Å². The number of hydrogen-bond acceptors (Lipinski definition) is 5. The molecule has 0 unspecified atom stereocenters. The molecule has 0 fully saturated rings. The summed E-state index contributed by atoms with van der Waals surface area (Å²) in [5.41, 5.74) is 1.03. The van der Waals surface area contributed by atoms with E-state index in [4.69, 9.17) is 23.2 Å². The molecule has 1 aromatic heterocycles. The van der Waals surface area contributed by atoms with Gasteiger partial charge in [-0.2, -0.15) is 5.10 Å². The van der Waals surface area contributed by atoms with Crippen LogP contribution in [0.4, 0.5) is 5.69 Å². The molecule has 33 heavy (non-hydrogen) atoms. The molecular formula is C24H25Cl2N3O3S. The standard InChI is InChI=1S/C22H19Cl2N3O3S.C2H6/c1-6-13-14(7-2)22(30)27(21(13)29)12-8-16(23)19(17(24)9-12)31-18-10-15(11(3)4)20(28)26(5)25-18;1-2/h6-11H,1-2H2,3-5H3;1-2H3. The minimum Gasteiger partial charge on any atom is -0.268 e. The van der Waals surface area contributed by atoms with Gasteiger partial charge in [-0.3, -0.25) is 14.4 Å². The van der Waals surface area contributed by atoms with E-state index in [1.807, 2.05) is 27.7 Å². The van der Waals surface area contributed by atoms with E-state index >= 15 is 0 Å². The number of carbonyl (C=O) groups is 2. The normalized spacial score (nSPS) is 13.4. The summed E-state index contributed by atoms with van der Waals surface area (Å²) in [7, 11) is 1.58. The number of hydrogen-bond donors (Lipinski definition) is 0. The number of aromatic nitrogens is 2. The summed E-state index contributed by atoms with van der Waals surface area (Å²) in [5, 5.41) is 5.28. The maximum Gasteiger partial charge on any atom is 0.270 e. The molecule has 6 nitrogen and oxygen atoms in total. The SMILES string of the molecule is C=CC1=C(C=C)C(=O)N(c2cc(Cl)c(Sc3cc(C(C)C)c(=O)n(C)n3)c(Cl)c2)C1=O.CC. The molecule has 0 saturated heterocycles. The van der Waals surface area contributed by atoms with Crippen LogP contribution in [-0.4, -0.2) is 21.6 Å². The molecule has 0 aliphatic carbocycles. The monoisotopic (exact) mass is 505 g/mol. The summed E-state index contributed by atoms with van der Waals surface area (Å²) in [6.45, 7) is 15.0. The molecular weight excluding hydrogens is 481 g/mol. The average Bonchev–Trinajstić information content (AvgIpc) is 3.02. The summed E-state index contributed by atoms with van der Waals surface area (Å²) in [6, 6.07) is 4.69. The molecule has 2 aromatic rings. The highest BCUT2D eigenvalue weighted by Crippen LogP contribution is 2.42. The lowest BCUT2D eigenvalue weighted by Crippen LogP contribution is -2.31. The Morgan fingerprint density at radius 1 is 0.970 bits per heavy atom. The Hall–Kier alpha value is -2.61. The summed E-state index contributed by atoms with van der Waals surface area (Å²) < 4.78 is 1.27. The average molecular weight is 506 g/mol. The van der Waals surface area contributed by atoms with Gasteiger partial charge in [0, 0.05) is 12.6 Å². The maximum absolute atomic E-state index is 12.7. The lowest BCUT2D eigenvalue weighted by molar-refractivity contribution is -0.120. The van der Waals surface area contributed by atoms with Crippen molar-refractivity contribution in [3.8, 4) is 0 Å². The molecule has 9 heteroatoms. The van der Waals surface area contributed by atoms with Gasteiger partial charge in [-0.15, -0.1) is 0 Å². The van der Waals surface area contributed by atoms with Crippen molar-refractivity contribution in [1.82, 2.24) is 9.78 Å². The molecule has 0 bridgehead atoms. The van der Waals surface area contributed by atoms with Gasteiger partial charge in [-0.25, -0.2) is 9.58 Å². The molecule has 0 atom stereocenters. The summed E-state index contributed by atoms with van der Waals surface area (Å²) >= 11 is 14.1. The Labute approximate surface area is 207 Å². The molecule has 1 aliphatic heterocycles. The Kier molecular flexibility index (Phi) is 8.89. The Morgan fingerprint density at radius 3 is 1.88 bits per heavy atom. The Morgan fingerprint density at radius 2 is 1.45 bits per heavy atom. The van der Waals surface area contributed by atoms with Crippen molar-refractivity contribution in [2.75, 3.05) is 4.90 Å². The predicted molar refractivity (Wildman–Crippen MR) is 135 cm³/mol. The number of nitrogens with zero attached hydrogens (tertiary/aromatic N) is 3. The van der Waals surface area contributed by atoms with Gasteiger partial charge in [-0.05, 0) is 24.1 Å². The van der Waals surface area contributed by atoms with Crippen molar-refractivity contribution >= 4 is 52.5 Å². The third-order valence-electron chi connectivity index (χ3n) is 4.70. The second-order valence-corrected chi connectivity index (χ2v) is 8.89. The predicted octanol–water partition coefficient (Wildman–Crippen LogP) is 5.93. The minimum atomic E-state index is -0.524. The van der Waals surface area contributed by atoms with E-state index in [-0.39, 0.29) is 38.4 Å². The zero-order valence-corrected chi connectivity index (χ0v) is 21.4. The van der Waals surface area contributed by atoms with E-state index in [9.17, 15) is 14.4 Å². The first kappa shape index (κ1) is 26.6. The number of aryl methyl sites for hydroxylation is 1. The van der Waals surface area contributed by atoms with Gasteiger partial charge < -0.3 is 0 Å². The molecule has 0 spiro atoms. The zero-order valence-electron chi connectivity index (χ0n) is 19.1. The van der Waals surface area contributed by atoms with E-state index in [1.165, 1.54) is 40.7 Å². The van der Waals surface area contributed by atoms with Gasteiger partial charge in [-0.1, -0.05) is 88.0 Å². The second kappa shape index (κ2) is 11.0. The molecule has 1 aliphatic rings. The maximum atomic E-state index is 12.7. The van der Waals surface area contributed by atoms with Crippen LogP contribution in [0.2, 0.25) is 10.0 Å². The topological polar surface area (TPSA) is 72.3 Å². The molecule has 0 saturated carbocycles. The van der Waals surface area contributed by atoms with Gasteiger partial charge in [0.2, 0.25) is 0 Å². The van der Waals surface area contributed by atoms with Crippen LogP contribution in [0.1, 0.15) is 39.2 Å². The number of rotatable bonds is 6. The van der Waals surface area contributed by atoms with Crippen LogP contribution < -0.4 is 10.5 Å². The number of amides is 2. The number of benzene rings is 1.